The molecule has 0 unspecified atom stereocenters. The topological polar surface area (TPSA) is 89.4 Å². The molecule has 0 saturated carbocycles. The summed E-state index contributed by atoms with van der Waals surface area (Å²) < 4.78 is 7.27. The van der Waals surface area contributed by atoms with E-state index >= 15 is 0 Å². The third-order valence-corrected chi connectivity index (χ3v) is 6.11. The largest absolute Gasteiger partial charge is 0.378 e. The van der Waals surface area contributed by atoms with Crippen molar-refractivity contribution in [2.75, 3.05) is 39.1 Å². The molecule has 2 aromatic heterocycles. The van der Waals surface area contributed by atoms with Crippen LogP contribution >= 0.6 is 11.8 Å². The first kappa shape index (κ1) is 19.9. The highest BCUT2D eigenvalue weighted by atomic mass is 32.2. The molecule has 154 valence electrons. The molecular formula is C20H25N5O3S. The van der Waals surface area contributed by atoms with Crippen LogP contribution in [0.3, 0.4) is 0 Å². The lowest BCUT2D eigenvalue weighted by Crippen LogP contribution is -2.41. The number of aromatic nitrogens is 3. The van der Waals surface area contributed by atoms with Crippen LogP contribution in [0.1, 0.15) is 32.8 Å². The number of amides is 2. The van der Waals surface area contributed by atoms with Gasteiger partial charge in [0, 0.05) is 37.9 Å². The molecule has 4 heterocycles. The Morgan fingerprint density at radius 1 is 1.31 bits per heavy atom. The number of carbonyl (C=O) groups is 2. The minimum Gasteiger partial charge on any atom is -0.378 e. The van der Waals surface area contributed by atoms with E-state index in [1.807, 2.05) is 15.8 Å². The average Bonchev–Trinajstić information content (AvgIpc) is 3.20. The maximum Gasteiger partial charge on any atom is 0.257 e. The molecule has 8 nitrogen and oxygen atoms in total. The van der Waals surface area contributed by atoms with Crippen LogP contribution in [0.15, 0.2) is 29.6 Å². The number of pyridine rings is 1. The summed E-state index contributed by atoms with van der Waals surface area (Å²) >= 11 is 1.51. The molecule has 0 bridgehead atoms. The fourth-order valence-electron chi connectivity index (χ4n) is 3.79. The zero-order valence-corrected chi connectivity index (χ0v) is 17.3. The van der Waals surface area contributed by atoms with Crippen molar-refractivity contribution < 1.29 is 14.3 Å². The summed E-state index contributed by atoms with van der Waals surface area (Å²) in [6, 6.07) is 3.53. The van der Waals surface area contributed by atoms with Gasteiger partial charge in [0.25, 0.3) is 11.8 Å². The Hall–Kier alpha value is -2.39. The average molecular weight is 416 g/mol. The Morgan fingerprint density at radius 2 is 2.14 bits per heavy atom. The molecule has 9 heteroatoms. The van der Waals surface area contributed by atoms with Gasteiger partial charge in [-0.2, -0.15) is 5.10 Å². The lowest BCUT2D eigenvalue weighted by atomic mass is 9.94. The molecule has 0 aliphatic carbocycles. The fourth-order valence-corrected chi connectivity index (χ4v) is 4.20. The molecule has 0 aromatic carbocycles. The van der Waals surface area contributed by atoms with Crippen molar-refractivity contribution in [2.45, 2.75) is 24.4 Å². The van der Waals surface area contributed by atoms with Gasteiger partial charge >= 0.3 is 0 Å². The normalized spacial score (nSPS) is 18.9. The summed E-state index contributed by atoms with van der Waals surface area (Å²) in [5.41, 5.74) is 2.27. The van der Waals surface area contributed by atoms with Gasteiger partial charge in [-0.3, -0.25) is 14.3 Å². The zero-order chi connectivity index (χ0) is 20.2. The molecular weight excluding hydrogens is 390 g/mol. The molecule has 29 heavy (non-hydrogen) atoms. The van der Waals surface area contributed by atoms with Crippen LogP contribution in [0.5, 0.6) is 0 Å². The summed E-state index contributed by atoms with van der Waals surface area (Å²) in [4.78, 5) is 31.4. The van der Waals surface area contributed by atoms with Gasteiger partial charge in [0.05, 0.1) is 35.7 Å². The van der Waals surface area contributed by atoms with Gasteiger partial charge in [-0.15, -0.1) is 11.8 Å². The lowest BCUT2D eigenvalue weighted by molar-refractivity contribution is 0.0301. The van der Waals surface area contributed by atoms with E-state index in [0.29, 0.717) is 44.0 Å². The van der Waals surface area contributed by atoms with Crippen LogP contribution in [0.4, 0.5) is 0 Å². The molecule has 2 amide bonds. The quantitative estimate of drug-likeness (QED) is 0.744. The van der Waals surface area contributed by atoms with Crippen molar-refractivity contribution in [1.29, 1.82) is 0 Å². The first-order valence-corrected chi connectivity index (χ1v) is 11.1. The molecule has 2 aliphatic rings. The molecule has 1 N–H and O–H groups in total. The SMILES string of the molecule is CSc1cc(C(=O)NC[C@H]2CCn3ncc(C(=O)N4CCOCC4)c3C2)ccn1. The third kappa shape index (κ3) is 4.45. The van der Waals surface area contributed by atoms with Gasteiger partial charge < -0.3 is 15.0 Å². The predicted molar refractivity (Wildman–Crippen MR) is 109 cm³/mol. The number of morpholine rings is 1. The van der Waals surface area contributed by atoms with E-state index in [2.05, 4.69) is 15.4 Å². The van der Waals surface area contributed by atoms with Gasteiger partial charge in [-0.05, 0) is 37.1 Å². The number of nitrogens with one attached hydrogen (secondary N) is 1. The molecule has 1 saturated heterocycles. The number of carbonyl (C=O) groups excluding carboxylic acids is 2. The predicted octanol–water partition coefficient (Wildman–Crippen LogP) is 1.46. The number of nitrogens with zero attached hydrogens (tertiary/aromatic N) is 4. The van der Waals surface area contributed by atoms with Crippen LogP contribution in [0.25, 0.3) is 0 Å². The Kier molecular flexibility index (Phi) is 6.15. The summed E-state index contributed by atoms with van der Waals surface area (Å²) in [6.07, 6.45) is 6.94. The van der Waals surface area contributed by atoms with E-state index in [1.165, 1.54) is 11.8 Å². The van der Waals surface area contributed by atoms with E-state index in [-0.39, 0.29) is 17.7 Å². The second-order valence-electron chi connectivity index (χ2n) is 7.29. The summed E-state index contributed by atoms with van der Waals surface area (Å²) in [5, 5.41) is 8.27. The number of rotatable bonds is 5. The van der Waals surface area contributed by atoms with Gasteiger partial charge in [-0.25, -0.2) is 4.98 Å². The minimum absolute atomic E-state index is 0.0283. The monoisotopic (exact) mass is 415 g/mol. The molecule has 2 aliphatic heterocycles. The van der Waals surface area contributed by atoms with Gasteiger partial charge in [0.1, 0.15) is 0 Å². The summed E-state index contributed by atoms with van der Waals surface area (Å²) in [7, 11) is 0. The van der Waals surface area contributed by atoms with Crippen LogP contribution in [-0.4, -0.2) is 70.6 Å². The Balaban J connectivity index is 1.39. The highest BCUT2D eigenvalue weighted by Crippen LogP contribution is 2.24. The highest BCUT2D eigenvalue weighted by Gasteiger charge is 2.28. The van der Waals surface area contributed by atoms with Crippen LogP contribution in [0.2, 0.25) is 0 Å². The first-order valence-electron chi connectivity index (χ1n) is 9.85. The maximum atomic E-state index is 12.9. The van der Waals surface area contributed by atoms with Crippen molar-refractivity contribution >= 4 is 23.6 Å². The van der Waals surface area contributed by atoms with Crippen LogP contribution in [-0.2, 0) is 17.7 Å². The highest BCUT2D eigenvalue weighted by molar-refractivity contribution is 7.98. The third-order valence-electron chi connectivity index (χ3n) is 5.47. The van der Waals surface area contributed by atoms with Crippen molar-refractivity contribution in [2.24, 2.45) is 5.92 Å². The minimum atomic E-state index is -0.0913. The van der Waals surface area contributed by atoms with Crippen molar-refractivity contribution in [3.8, 4) is 0 Å². The van der Waals surface area contributed by atoms with E-state index in [0.717, 1.165) is 30.1 Å². The second kappa shape index (κ2) is 8.96. The van der Waals surface area contributed by atoms with E-state index in [4.69, 9.17) is 4.74 Å². The molecule has 1 fully saturated rings. The molecule has 0 radical (unpaired) electrons. The first-order chi connectivity index (χ1) is 14.2. The molecule has 1 atom stereocenters. The zero-order valence-electron chi connectivity index (χ0n) is 16.5. The molecule has 0 spiro atoms. The summed E-state index contributed by atoms with van der Waals surface area (Å²) in [6.45, 7) is 3.73. The number of aryl methyl sites for hydroxylation is 1. The Labute approximate surface area is 174 Å². The maximum absolute atomic E-state index is 12.9. The second-order valence-corrected chi connectivity index (χ2v) is 8.11. The number of thioether (sulfide) groups is 1. The van der Waals surface area contributed by atoms with E-state index in [9.17, 15) is 9.59 Å². The van der Waals surface area contributed by atoms with Crippen LogP contribution < -0.4 is 5.32 Å². The number of ether oxygens (including phenoxy) is 1. The standard InChI is InChI=1S/C20H25N5O3S/c1-29-18-11-15(2-4-21-18)19(26)22-12-14-3-5-25-17(10-14)16(13-23-25)20(27)24-6-8-28-9-7-24/h2,4,11,13-14H,3,5-10,12H2,1H3,(H,22,26)/t14-/m0/s1. The number of fused-ring (bicyclic) bond motifs is 1. The van der Waals surface area contributed by atoms with Crippen molar-refractivity contribution in [1.82, 2.24) is 25.0 Å². The van der Waals surface area contributed by atoms with E-state index < -0.39 is 0 Å². The van der Waals surface area contributed by atoms with Gasteiger partial charge in [0.15, 0.2) is 0 Å². The molecule has 2 aromatic rings. The molecule has 4 rings (SSSR count). The Morgan fingerprint density at radius 3 is 2.93 bits per heavy atom. The van der Waals surface area contributed by atoms with Gasteiger partial charge in [-0.1, -0.05) is 0 Å². The van der Waals surface area contributed by atoms with Gasteiger partial charge in [0.2, 0.25) is 0 Å². The van der Waals surface area contributed by atoms with Crippen LogP contribution in [0, 0.1) is 5.92 Å². The fraction of sp³-hybridized carbons (Fsp3) is 0.500. The van der Waals surface area contributed by atoms with Crippen molar-refractivity contribution in [3.63, 3.8) is 0 Å². The lowest BCUT2D eigenvalue weighted by Gasteiger charge is -2.28. The number of hydrogen-bond donors (Lipinski definition) is 1. The Bertz CT molecular complexity index is 894. The van der Waals surface area contributed by atoms with Crippen molar-refractivity contribution in [3.05, 3.63) is 41.3 Å². The smallest absolute Gasteiger partial charge is 0.257 e. The number of hydrogen-bond acceptors (Lipinski definition) is 6. The van der Waals surface area contributed by atoms with E-state index in [1.54, 1.807) is 24.5 Å². The summed E-state index contributed by atoms with van der Waals surface area (Å²) in [5.74, 6) is 0.216.